The van der Waals surface area contributed by atoms with E-state index in [9.17, 15) is 9.59 Å². The highest BCUT2D eigenvalue weighted by atomic mass is 16.5. The van der Waals surface area contributed by atoms with E-state index in [0.717, 1.165) is 0 Å². The van der Waals surface area contributed by atoms with E-state index in [1.165, 1.54) is 6.21 Å². The van der Waals surface area contributed by atoms with E-state index in [2.05, 4.69) is 4.99 Å². The minimum Gasteiger partial charge on any atom is -0.462 e. The van der Waals surface area contributed by atoms with E-state index in [-0.39, 0.29) is 12.2 Å². The summed E-state index contributed by atoms with van der Waals surface area (Å²) in [5, 5.41) is 0. The first-order chi connectivity index (χ1) is 10.7. The van der Waals surface area contributed by atoms with Crippen LogP contribution in [0, 0.1) is 0 Å². The van der Waals surface area contributed by atoms with Crippen LogP contribution in [-0.4, -0.2) is 24.6 Å². The molecular weight excluding hydrogens is 278 g/mol. The summed E-state index contributed by atoms with van der Waals surface area (Å²) in [7, 11) is 0. The fraction of sp³-hybridized carbons (Fsp3) is 0.167. The molecule has 0 aliphatic carbocycles. The molecule has 22 heavy (non-hydrogen) atoms. The molecule has 0 atom stereocenters. The van der Waals surface area contributed by atoms with Gasteiger partial charge in [0.05, 0.1) is 17.9 Å². The highest BCUT2D eigenvalue weighted by molar-refractivity contribution is 6.04. The molecule has 0 aromatic heterocycles. The Morgan fingerprint density at radius 1 is 1.05 bits per heavy atom. The molecule has 0 N–H and O–H groups in total. The topological polar surface area (TPSA) is 55.7 Å². The number of Topliss-reactive ketones (excluding diaryl/α,β-unsaturated/α-hetero) is 1. The first-order valence-electron chi connectivity index (χ1n) is 7.09. The third-order valence-electron chi connectivity index (χ3n) is 3.00. The maximum absolute atomic E-state index is 12.0. The summed E-state index contributed by atoms with van der Waals surface area (Å²) in [6.45, 7) is 2.06. The third kappa shape index (κ3) is 4.12. The molecule has 0 amide bonds. The Bertz CT molecular complexity index is 678. The zero-order valence-electron chi connectivity index (χ0n) is 12.4. The van der Waals surface area contributed by atoms with Crippen LogP contribution < -0.4 is 0 Å². The molecule has 0 unspecified atom stereocenters. The number of carbonyl (C=O) groups is 2. The molecule has 4 nitrogen and oxygen atoms in total. The Balaban J connectivity index is 2.08. The molecule has 0 heterocycles. The summed E-state index contributed by atoms with van der Waals surface area (Å²) in [4.78, 5) is 28.0. The fourth-order valence-corrected chi connectivity index (χ4v) is 1.94. The van der Waals surface area contributed by atoms with Gasteiger partial charge in [0.15, 0.2) is 5.78 Å². The number of aliphatic imine (C=N–C) groups is 1. The van der Waals surface area contributed by atoms with Crippen molar-refractivity contribution in [1.29, 1.82) is 0 Å². The van der Waals surface area contributed by atoms with Gasteiger partial charge in [0.2, 0.25) is 0 Å². The zero-order chi connectivity index (χ0) is 15.8. The number of hydrogen-bond acceptors (Lipinski definition) is 4. The van der Waals surface area contributed by atoms with Crippen molar-refractivity contribution in [3.8, 4) is 0 Å². The Hall–Kier alpha value is -2.75. The molecule has 0 aliphatic heterocycles. The van der Waals surface area contributed by atoms with Crippen molar-refractivity contribution < 1.29 is 14.3 Å². The summed E-state index contributed by atoms with van der Waals surface area (Å²) in [5.41, 5.74) is 1.54. The van der Waals surface area contributed by atoms with E-state index in [1.54, 1.807) is 43.3 Å². The second kappa shape index (κ2) is 7.88. The normalized spacial score (nSPS) is 10.6. The number of benzene rings is 2. The minimum absolute atomic E-state index is 0.0158. The molecule has 0 fully saturated rings. The smallest absolute Gasteiger partial charge is 0.340 e. The van der Waals surface area contributed by atoms with E-state index in [4.69, 9.17) is 4.74 Å². The van der Waals surface area contributed by atoms with Gasteiger partial charge in [0.25, 0.3) is 0 Å². The van der Waals surface area contributed by atoms with E-state index < -0.39 is 5.97 Å². The van der Waals surface area contributed by atoms with Gasteiger partial charge in [0.1, 0.15) is 0 Å². The highest BCUT2D eigenvalue weighted by Gasteiger charge is 2.10. The number of hydrogen-bond donors (Lipinski definition) is 0. The van der Waals surface area contributed by atoms with Crippen molar-refractivity contribution in [3.63, 3.8) is 0 Å². The maximum Gasteiger partial charge on any atom is 0.340 e. The van der Waals surface area contributed by atoms with Crippen LogP contribution in [0.25, 0.3) is 0 Å². The third-order valence-corrected chi connectivity index (χ3v) is 3.00. The van der Waals surface area contributed by atoms with Gasteiger partial charge < -0.3 is 4.74 Å². The Morgan fingerprint density at radius 3 is 2.45 bits per heavy atom. The lowest BCUT2D eigenvalue weighted by atomic mass is 10.1. The second-order valence-corrected chi connectivity index (χ2v) is 4.54. The second-order valence-electron chi connectivity index (χ2n) is 4.54. The minimum atomic E-state index is -0.412. The average Bonchev–Trinajstić information content (AvgIpc) is 2.56. The quantitative estimate of drug-likeness (QED) is 0.462. The monoisotopic (exact) mass is 295 g/mol. The van der Waals surface area contributed by atoms with Crippen LogP contribution in [0.15, 0.2) is 59.6 Å². The number of rotatable bonds is 6. The molecule has 2 rings (SSSR count). The van der Waals surface area contributed by atoms with Gasteiger partial charge in [0, 0.05) is 18.2 Å². The first-order valence-corrected chi connectivity index (χ1v) is 7.09. The summed E-state index contributed by atoms with van der Waals surface area (Å²) in [6, 6.07) is 15.9. The molecule has 2 aromatic rings. The highest BCUT2D eigenvalue weighted by Crippen LogP contribution is 2.19. The van der Waals surface area contributed by atoms with Crippen LogP contribution in [-0.2, 0) is 4.74 Å². The van der Waals surface area contributed by atoms with Crippen molar-refractivity contribution >= 4 is 23.7 Å². The lowest BCUT2D eigenvalue weighted by molar-refractivity contribution is 0.0527. The van der Waals surface area contributed by atoms with Gasteiger partial charge >= 0.3 is 5.97 Å². The Labute approximate surface area is 129 Å². The molecule has 0 aliphatic rings. The number of nitrogens with zero attached hydrogens (tertiary/aromatic N) is 1. The fourth-order valence-electron chi connectivity index (χ4n) is 1.94. The van der Waals surface area contributed by atoms with Crippen molar-refractivity contribution in [3.05, 3.63) is 65.7 Å². The lowest BCUT2D eigenvalue weighted by Gasteiger charge is -2.04. The van der Waals surface area contributed by atoms with Gasteiger partial charge in [-0.3, -0.25) is 9.79 Å². The Kier molecular flexibility index (Phi) is 5.60. The van der Waals surface area contributed by atoms with Crippen molar-refractivity contribution in [2.45, 2.75) is 13.3 Å². The van der Waals surface area contributed by atoms with E-state index in [0.29, 0.717) is 23.4 Å². The number of carbonyl (C=O) groups excluding carboxylic acids is 2. The van der Waals surface area contributed by atoms with Gasteiger partial charge in [-0.05, 0) is 19.1 Å². The summed E-state index contributed by atoms with van der Waals surface area (Å²) >= 11 is 0. The summed E-state index contributed by atoms with van der Waals surface area (Å²) < 4.78 is 4.99. The number of ketones is 1. The molecule has 0 saturated carbocycles. The van der Waals surface area contributed by atoms with Gasteiger partial charge in [-0.25, -0.2) is 4.79 Å². The lowest BCUT2D eigenvalue weighted by Crippen LogP contribution is -2.04. The predicted octanol–water partition coefficient (Wildman–Crippen LogP) is 3.84. The molecule has 0 bridgehead atoms. The number of esters is 1. The van der Waals surface area contributed by atoms with E-state index in [1.807, 2.05) is 18.2 Å². The van der Waals surface area contributed by atoms with Crippen molar-refractivity contribution in [2.24, 2.45) is 4.99 Å². The van der Waals surface area contributed by atoms with Gasteiger partial charge in [-0.15, -0.1) is 0 Å². The van der Waals surface area contributed by atoms with Gasteiger partial charge in [-0.1, -0.05) is 42.5 Å². The maximum atomic E-state index is 12.0. The molecule has 0 radical (unpaired) electrons. The number of ether oxygens (including phenoxy) is 1. The van der Waals surface area contributed by atoms with Crippen LogP contribution in [0.3, 0.4) is 0 Å². The first kappa shape index (κ1) is 15.6. The number of para-hydroxylation sites is 1. The average molecular weight is 295 g/mol. The SMILES string of the molecule is CCOC(=O)c1ccccc1N=CCC(=O)c1ccccc1. The van der Waals surface area contributed by atoms with E-state index >= 15 is 0 Å². The van der Waals surface area contributed by atoms with Crippen molar-refractivity contribution in [2.75, 3.05) is 6.61 Å². The van der Waals surface area contributed by atoms with Crippen LogP contribution in [0.4, 0.5) is 5.69 Å². The Morgan fingerprint density at radius 2 is 1.73 bits per heavy atom. The summed E-state index contributed by atoms with van der Waals surface area (Å²) in [6.07, 6.45) is 1.70. The molecule has 0 spiro atoms. The summed E-state index contributed by atoms with van der Waals surface area (Å²) in [5.74, 6) is -0.428. The van der Waals surface area contributed by atoms with Crippen LogP contribution >= 0.6 is 0 Å². The predicted molar refractivity (Wildman–Crippen MR) is 85.9 cm³/mol. The molecule has 2 aromatic carbocycles. The zero-order valence-corrected chi connectivity index (χ0v) is 12.4. The van der Waals surface area contributed by atoms with Crippen LogP contribution in [0.5, 0.6) is 0 Å². The molecule has 4 heteroatoms. The molecule has 112 valence electrons. The standard InChI is InChI=1S/C18H17NO3/c1-2-22-18(21)15-10-6-7-11-16(15)19-13-12-17(20)14-8-4-3-5-9-14/h3-11,13H,2,12H2,1H3. The van der Waals surface area contributed by atoms with Crippen LogP contribution in [0.2, 0.25) is 0 Å². The van der Waals surface area contributed by atoms with Crippen molar-refractivity contribution in [1.82, 2.24) is 0 Å². The largest absolute Gasteiger partial charge is 0.462 e. The molecular formula is C18H17NO3. The van der Waals surface area contributed by atoms with Crippen LogP contribution in [0.1, 0.15) is 34.1 Å². The van der Waals surface area contributed by atoms with Gasteiger partial charge in [-0.2, -0.15) is 0 Å². The molecule has 0 saturated heterocycles.